The van der Waals surface area contributed by atoms with Gasteiger partial charge < -0.3 is 9.84 Å². The van der Waals surface area contributed by atoms with E-state index in [0.29, 0.717) is 19.6 Å². The molecule has 2 rings (SSSR count). The van der Waals surface area contributed by atoms with Crippen LogP contribution in [0.2, 0.25) is 0 Å². The Bertz CT molecular complexity index is 310. The fourth-order valence-corrected chi connectivity index (χ4v) is 3.81. The number of ether oxygens (including phenoxy) is 1. The lowest BCUT2D eigenvalue weighted by Crippen LogP contribution is -2.35. The van der Waals surface area contributed by atoms with E-state index in [1.54, 1.807) is 0 Å². The van der Waals surface area contributed by atoms with E-state index in [0.717, 1.165) is 12.8 Å². The second-order valence-corrected chi connectivity index (χ2v) is 6.23. The molecule has 2 heterocycles. The van der Waals surface area contributed by atoms with Crippen molar-refractivity contribution in [3.63, 3.8) is 0 Å². The van der Waals surface area contributed by atoms with Crippen LogP contribution in [0.3, 0.4) is 0 Å². The highest BCUT2D eigenvalue weighted by atomic mass is 32.2. The van der Waals surface area contributed by atoms with Crippen LogP contribution in [0, 0.1) is 0 Å². The van der Waals surface area contributed by atoms with Gasteiger partial charge in [0, 0.05) is 19.7 Å². The molecule has 0 aromatic carbocycles. The predicted molar refractivity (Wildman–Crippen MR) is 55.0 cm³/mol. The maximum absolute atomic E-state index is 11.9. The molecule has 1 unspecified atom stereocenters. The Kier molecular flexibility index (Phi) is 3.30. The van der Waals surface area contributed by atoms with Crippen LogP contribution in [-0.4, -0.2) is 55.5 Å². The van der Waals surface area contributed by atoms with Crippen molar-refractivity contribution in [2.24, 2.45) is 0 Å². The van der Waals surface area contributed by atoms with Gasteiger partial charge in [-0.25, -0.2) is 8.42 Å². The standard InChI is InChI=1S/C9H17NO4S/c11-8-3-4-10(6-8)15(12,13)7-9-2-1-5-14-9/h8-9,11H,1-7H2/t8-,9?/m0/s1. The van der Waals surface area contributed by atoms with Crippen molar-refractivity contribution in [3.8, 4) is 0 Å². The first-order chi connectivity index (χ1) is 7.08. The summed E-state index contributed by atoms with van der Waals surface area (Å²) in [7, 11) is -3.23. The average Bonchev–Trinajstić information content (AvgIpc) is 2.75. The summed E-state index contributed by atoms with van der Waals surface area (Å²) < 4.78 is 30.4. The Morgan fingerprint density at radius 3 is 2.73 bits per heavy atom. The zero-order valence-electron chi connectivity index (χ0n) is 8.63. The Morgan fingerprint density at radius 1 is 1.40 bits per heavy atom. The second kappa shape index (κ2) is 4.37. The summed E-state index contributed by atoms with van der Waals surface area (Å²) >= 11 is 0. The fourth-order valence-electron chi connectivity index (χ4n) is 2.08. The van der Waals surface area contributed by atoms with Gasteiger partial charge in [0.25, 0.3) is 0 Å². The molecule has 6 heteroatoms. The van der Waals surface area contributed by atoms with Crippen LogP contribution in [0.4, 0.5) is 0 Å². The number of sulfonamides is 1. The summed E-state index contributed by atoms with van der Waals surface area (Å²) in [5.41, 5.74) is 0. The summed E-state index contributed by atoms with van der Waals surface area (Å²) in [6, 6.07) is 0. The lowest BCUT2D eigenvalue weighted by atomic mass is 10.3. The lowest BCUT2D eigenvalue weighted by molar-refractivity contribution is 0.126. The van der Waals surface area contributed by atoms with E-state index in [4.69, 9.17) is 4.74 Å². The van der Waals surface area contributed by atoms with E-state index in [9.17, 15) is 13.5 Å². The van der Waals surface area contributed by atoms with Crippen LogP contribution in [0.1, 0.15) is 19.3 Å². The van der Waals surface area contributed by atoms with E-state index in [1.807, 2.05) is 0 Å². The Morgan fingerprint density at radius 2 is 2.20 bits per heavy atom. The second-order valence-electron chi connectivity index (χ2n) is 4.21. The van der Waals surface area contributed by atoms with Gasteiger partial charge in [0.15, 0.2) is 0 Å². The average molecular weight is 235 g/mol. The van der Waals surface area contributed by atoms with Gasteiger partial charge in [-0.15, -0.1) is 0 Å². The van der Waals surface area contributed by atoms with E-state index in [2.05, 4.69) is 0 Å². The van der Waals surface area contributed by atoms with Crippen molar-refractivity contribution in [1.29, 1.82) is 0 Å². The molecule has 2 atom stereocenters. The molecule has 0 bridgehead atoms. The minimum Gasteiger partial charge on any atom is -0.392 e. The lowest BCUT2D eigenvalue weighted by Gasteiger charge is -2.18. The van der Waals surface area contributed by atoms with Crippen molar-refractivity contribution in [1.82, 2.24) is 4.31 Å². The molecule has 1 N–H and O–H groups in total. The first-order valence-electron chi connectivity index (χ1n) is 5.35. The van der Waals surface area contributed by atoms with Gasteiger partial charge >= 0.3 is 0 Å². The number of nitrogens with zero attached hydrogens (tertiary/aromatic N) is 1. The van der Waals surface area contributed by atoms with Crippen LogP contribution < -0.4 is 0 Å². The summed E-state index contributed by atoms with van der Waals surface area (Å²) in [6.07, 6.45) is 1.68. The Hall–Kier alpha value is -0.170. The molecule has 0 radical (unpaired) electrons. The van der Waals surface area contributed by atoms with Gasteiger partial charge in [0.05, 0.1) is 18.0 Å². The molecular formula is C9H17NO4S. The number of β-amino-alcohol motifs (C(OH)–C–C–N with tert-alkyl or cyclic N) is 1. The largest absolute Gasteiger partial charge is 0.392 e. The highest BCUT2D eigenvalue weighted by Crippen LogP contribution is 2.19. The number of hydrogen-bond acceptors (Lipinski definition) is 4. The maximum Gasteiger partial charge on any atom is 0.216 e. The van der Waals surface area contributed by atoms with E-state index < -0.39 is 16.1 Å². The first kappa shape index (κ1) is 11.3. The molecule has 0 amide bonds. The van der Waals surface area contributed by atoms with Crippen LogP contribution in [0.25, 0.3) is 0 Å². The zero-order chi connectivity index (χ0) is 10.9. The minimum absolute atomic E-state index is 0.0692. The molecule has 2 aliphatic heterocycles. The monoisotopic (exact) mass is 235 g/mol. The summed E-state index contributed by atoms with van der Waals surface area (Å²) in [6.45, 7) is 1.36. The quantitative estimate of drug-likeness (QED) is 0.720. The summed E-state index contributed by atoms with van der Waals surface area (Å²) in [5, 5.41) is 9.29. The van der Waals surface area contributed by atoms with Crippen molar-refractivity contribution < 1.29 is 18.3 Å². The maximum atomic E-state index is 11.9. The van der Waals surface area contributed by atoms with Crippen molar-refractivity contribution in [2.75, 3.05) is 25.4 Å². The molecule has 2 fully saturated rings. The van der Waals surface area contributed by atoms with Gasteiger partial charge in [-0.1, -0.05) is 0 Å². The normalized spacial score (nSPS) is 33.7. The predicted octanol–water partition coefficient (Wildman–Crippen LogP) is -0.438. The molecule has 0 aliphatic carbocycles. The van der Waals surface area contributed by atoms with Gasteiger partial charge in [-0.05, 0) is 19.3 Å². The number of rotatable bonds is 3. The third-order valence-corrected chi connectivity index (χ3v) is 4.85. The van der Waals surface area contributed by atoms with Crippen molar-refractivity contribution in [3.05, 3.63) is 0 Å². The third kappa shape index (κ3) is 2.69. The molecule has 0 spiro atoms. The molecule has 2 aliphatic rings. The van der Waals surface area contributed by atoms with Crippen molar-refractivity contribution >= 4 is 10.0 Å². The highest BCUT2D eigenvalue weighted by molar-refractivity contribution is 7.89. The molecule has 88 valence electrons. The number of aliphatic hydroxyl groups excluding tert-OH is 1. The van der Waals surface area contributed by atoms with E-state index in [-0.39, 0.29) is 18.4 Å². The summed E-state index contributed by atoms with van der Waals surface area (Å²) in [4.78, 5) is 0. The van der Waals surface area contributed by atoms with Crippen LogP contribution in [0.5, 0.6) is 0 Å². The molecule has 0 saturated carbocycles. The van der Waals surface area contributed by atoms with Crippen LogP contribution in [-0.2, 0) is 14.8 Å². The minimum atomic E-state index is -3.23. The highest BCUT2D eigenvalue weighted by Gasteiger charge is 2.33. The van der Waals surface area contributed by atoms with Crippen LogP contribution >= 0.6 is 0 Å². The van der Waals surface area contributed by atoms with Gasteiger partial charge in [0.1, 0.15) is 0 Å². The molecule has 0 aromatic rings. The van der Waals surface area contributed by atoms with E-state index in [1.165, 1.54) is 4.31 Å². The number of aliphatic hydroxyl groups is 1. The first-order valence-corrected chi connectivity index (χ1v) is 6.96. The smallest absolute Gasteiger partial charge is 0.216 e. The molecule has 15 heavy (non-hydrogen) atoms. The van der Waals surface area contributed by atoms with E-state index >= 15 is 0 Å². The topological polar surface area (TPSA) is 66.8 Å². The SMILES string of the molecule is O=S(=O)(CC1CCCO1)N1CC[C@H](O)C1. The third-order valence-electron chi connectivity index (χ3n) is 2.94. The van der Waals surface area contributed by atoms with Crippen molar-refractivity contribution in [2.45, 2.75) is 31.5 Å². The van der Waals surface area contributed by atoms with Gasteiger partial charge in [-0.2, -0.15) is 4.31 Å². The Labute approximate surface area is 90.1 Å². The molecule has 0 aromatic heterocycles. The Balaban J connectivity index is 1.94. The number of hydrogen-bond donors (Lipinski definition) is 1. The molecular weight excluding hydrogens is 218 g/mol. The van der Waals surface area contributed by atoms with Gasteiger partial charge in [0.2, 0.25) is 10.0 Å². The summed E-state index contributed by atoms with van der Waals surface area (Å²) in [5.74, 6) is 0.0692. The molecule has 5 nitrogen and oxygen atoms in total. The fraction of sp³-hybridized carbons (Fsp3) is 1.00. The van der Waals surface area contributed by atoms with Gasteiger partial charge in [-0.3, -0.25) is 0 Å². The zero-order valence-corrected chi connectivity index (χ0v) is 9.45. The molecule has 2 saturated heterocycles. The van der Waals surface area contributed by atoms with Crippen LogP contribution in [0.15, 0.2) is 0 Å².